The van der Waals surface area contributed by atoms with Crippen molar-refractivity contribution in [3.63, 3.8) is 0 Å². The van der Waals surface area contributed by atoms with Crippen LogP contribution in [0.4, 0.5) is 0 Å². The van der Waals surface area contributed by atoms with E-state index in [2.05, 4.69) is 30.5 Å². The molecule has 0 amide bonds. The van der Waals surface area contributed by atoms with E-state index in [0.717, 1.165) is 17.7 Å². The number of nitrogens with two attached hydrogens (primary N) is 1. The van der Waals surface area contributed by atoms with Crippen LogP contribution < -0.4 is 5.73 Å². The van der Waals surface area contributed by atoms with Gasteiger partial charge in [0, 0.05) is 36.2 Å². The molecule has 1 aliphatic heterocycles. The quantitative estimate of drug-likeness (QED) is 0.802. The number of rotatable bonds is 5. The van der Waals surface area contributed by atoms with Crippen molar-refractivity contribution in [3.05, 3.63) is 0 Å². The van der Waals surface area contributed by atoms with Crippen LogP contribution in [0.15, 0.2) is 0 Å². The molecule has 0 aromatic heterocycles. The van der Waals surface area contributed by atoms with Crippen molar-refractivity contribution in [2.24, 2.45) is 11.7 Å². The third kappa shape index (κ3) is 2.93. The molecule has 0 aromatic rings. The maximum absolute atomic E-state index is 6.05. The van der Waals surface area contributed by atoms with Crippen molar-refractivity contribution in [1.29, 1.82) is 0 Å². The van der Waals surface area contributed by atoms with Gasteiger partial charge in [-0.05, 0) is 25.7 Å². The van der Waals surface area contributed by atoms with E-state index in [9.17, 15) is 0 Å². The van der Waals surface area contributed by atoms with Gasteiger partial charge in [-0.3, -0.25) is 4.90 Å². The summed E-state index contributed by atoms with van der Waals surface area (Å²) in [6.07, 6.45) is 5.50. The SMILES string of the molecule is CCC1CN(C(C)(CN)CC2CC2)CCS1. The van der Waals surface area contributed by atoms with Gasteiger partial charge < -0.3 is 5.73 Å². The van der Waals surface area contributed by atoms with Crippen LogP contribution >= 0.6 is 11.8 Å². The van der Waals surface area contributed by atoms with Crippen molar-refractivity contribution < 1.29 is 0 Å². The predicted octanol–water partition coefficient (Wildman–Crippen LogP) is 2.33. The zero-order valence-electron chi connectivity index (χ0n) is 10.7. The predicted molar refractivity (Wildman–Crippen MR) is 72.9 cm³/mol. The van der Waals surface area contributed by atoms with Crippen LogP contribution in [0.5, 0.6) is 0 Å². The van der Waals surface area contributed by atoms with E-state index in [1.165, 1.54) is 44.5 Å². The molecule has 2 N–H and O–H groups in total. The van der Waals surface area contributed by atoms with Gasteiger partial charge in [-0.25, -0.2) is 0 Å². The largest absolute Gasteiger partial charge is 0.329 e. The molecule has 3 heteroatoms. The minimum atomic E-state index is 0.273. The summed E-state index contributed by atoms with van der Waals surface area (Å²) < 4.78 is 0. The highest BCUT2D eigenvalue weighted by atomic mass is 32.2. The minimum Gasteiger partial charge on any atom is -0.329 e. The summed E-state index contributed by atoms with van der Waals surface area (Å²) in [4.78, 5) is 2.68. The highest BCUT2D eigenvalue weighted by molar-refractivity contribution is 8.00. The maximum atomic E-state index is 6.05. The van der Waals surface area contributed by atoms with Gasteiger partial charge in [-0.2, -0.15) is 11.8 Å². The molecule has 2 nitrogen and oxygen atoms in total. The van der Waals surface area contributed by atoms with E-state index in [0.29, 0.717) is 0 Å². The molecule has 2 unspecified atom stereocenters. The van der Waals surface area contributed by atoms with Gasteiger partial charge in [-0.15, -0.1) is 0 Å². The fourth-order valence-electron chi connectivity index (χ4n) is 2.74. The van der Waals surface area contributed by atoms with Gasteiger partial charge in [0.05, 0.1) is 0 Å². The Bertz CT molecular complexity index is 230. The van der Waals surface area contributed by atoms with Gasteiger partial charge in [-0.1, -0.05) is 19.8 Å². The first-order chi connectivity index (χ1) is 7.68. The fraction of sp³-hybridized carbons (Fsp3) is 1.00. The first kappa shape index (κ1) is 12.7. The van der Waals surface area contributed by atoms with Crippen molar-refractivity contribution in [2.45, 2.75) is 50.3 Å². The number of thioether (sulfide) groups is 1. The molecule has 1 saturated carbocycles. The Labute approximate surface area is 104 Å². The van der Waals surface area contributed by atoms with Crippen molar-refractivity contribution >= 4 is 11.8 Å². The summed E-state index contributed by atoms with van der Waals surface area (Å²) in [6, 6.07) is 0. The first-order valence-electron chi connectivity index (χ1n) is 6.74. The highest BCUT2D eigenvalue weighted by Gasteiger charge is 2.38. The molecule has 2 fully saturated rings. The number of nitrogens with zero attached hydrogens (tertiary/aromatic N) is 1. The molecule has 1 aliphatic carbocycles. The zero-order chi connectivity index (χ0) is 11.6. The Hall–Kier alpha value is 0.270. The van der Waals surface area contributed by atoms with Gasteiger partial charge >= 0.3 is 0 Å². The standard InChI is InChI=1S/C13H26N2S/c1-3-12-9-15(6-7-16-12)13(2,10-14)8-11-4-5-11/h11-12H,3-10,14H2,1-2H3. The zero-order valence-corrected chi connectivity index (χ0v) is 11.6. The maximum Gasteiger partial charge on any atom is 0.0307 e. The average molecular weight is 242 g/mol. The van der Waals surface area contributed by atoms with Crippen LogP contribution in [0.25, 0.3) is 0 Å². The molecular weight excluding hydrogens is 216 g/mol. The molecular formula is C13H26N2S. The molecule has 1 saturated heterocycles. The van der Waals surface area contributed by atoms with E-state index in [1.54, 1.807) is 0 Å². The van der Waals surface area contributed by atoms with Crippen LogP contribution in [-0.2, 0) is 0 Å². The molecule has 2 atom stereocenters. The Morgan fingerprint density at radius 3 is 2.75 bits per heavy atom. The Morgan fingerprint density at radius 1 is 1.44 bits per heavy atom. The highest BCUT2D eigenvalue weighted by Crippen LogP contribution is 2.39. The Balaban J connectivity index is 1.95. The lowest BCUT2D eigenvalue weighted by Gasteiger charge is -2.45. The van der Waals surface area contributed by atoms with Crippen molar-refractivity contribution in [3.8, 4) is 0 Å². The van der Waals surface area contributed by atoms with Gasteiger partial charge in [0.25, 0.3) is 0 Å². The van der Waals surface area contributed by atoms with E-state index in [4.69, 9.17) is 5.73 Å². The average Bonchev–Trinajstić information content (AvgIpc) is 3.13. The smallest absolute Gasteiger partial charge is 0.0307 e. The first-order valence-corrected chi connectivity index (χ1v) is 7.79. The monoisotopic (exact) mass is 242 g/mol. The second kappa shape index (κ2) is 5.28. The van der Waals surface area contributed by atoms with E-state index in [-0.39, 0.29) is 5.54 Å². The molecule has 0 spiro atoms. The second-order valence-corrected chi connectivity index (χ2v) is 7.10. The topological polar surface area (TPSA) is 29.3 Å². The van der Waals surface area contributed by atoms with Crippen LogP contribution in [0.1, 0.15) is 39.5 Å². The lowest BCUT2D eigenvalue weighted by atomic mass is 9.92. The van der Waals surface area contributed by atoms with Gasteiger partial charge in [0.2, 0.25) is 0 Å². The molecule has 1 heterocycles. The number of hydrogen-bond acceptors (Lipinski definition) is 3. The molecule has 2 aliphatic rings. The lowest BCUT2D eigenvalue weighted by molar-refractivity contribution is 0.0992. The molecule has 2 rings (SSSR count). The van der Waals surface area contributed by atoms with E-state index >= 15 is 0 Å². The Kier molecular flexibility index (Phi) is 4.20. The second-order valence-electron chi connectivity index (χ2n) is 5.70. The van der Waals surface area contributed by atoms with Crippen molar-refractivity contribution in [1.82, 2.24) is 4.90 Å². The summed E-state index contributed by atoms with van der Waals surface area (Å²) >= 11 is 2.15. The third-order valence-electron chi connectivity index (χ3n) is 4.22. The van der Waals surface area contributed by atoms with Crippen molar-refractivity contribution in [2.75, 3.05) is 25.4 Å². The molecule has 94 valence electrons. The van der Waals surface area contributed by atoms with Crippen LogP contribution in [0.2, 0.25) is 0 Å². The van der Waals surface area contributed by atoms with Crippen LogP contribution in [-0.4, -0.2) is 41.1 Å². The fourth-order valence-corrected chi connectivity index (χ4v) is 3.92. The van der Waals surface area contributed by atoms with Crippen LogP contribution in [0, 0.1) is 5.92 Å². The van der Waals surface area contributed by atoms with E-state index in [1.807, 2.05) is 0 Å². The summed E-state index contributed by atoms with van der Waals surface area (Å²) in [7, 11) is 0. The minimum absolute atomic E-state index is 0.273. The van der Waals surface area contributed by atoms with E-state index < -0.39 is 0 Å². The molecule has 0 bridgehead atoms. The normalized spacial score (nSPS) is 31.3. The lowest BCUT2D eigenvalue weighted by Crippen LogP contribution is -2.56. The van der Waals surface area contributed by atoms with Gasteiger partial charge in [0.1, 0.15) is 0 Å². The third-order valence-corrected chi connectivity index (χ3v) is 5.59. The summed E-state index contributed by atoms with van der Waals surface area (Å²) in [5, 5.41) is 0.832. The Morgan fingerprint density at radius 2 is 2.19 bits per heavy atom. The molecule has 0 radical (unpaired) electrons. The summed E-state index contributed by atoms with van der Waals surface area (Å²) in [5.74, 6) is 2.27. The summed E-state index contributed by atoms with van der Waals surface area (Å²) in [6.45, 7) is 8.00. The molecule has 0 aromatic carbocycles. The molecule has 16 heavy (non-hydrogen) atoms. The van der Waals surface area contributed by atoms with Crippen LogP contribution in [0.3, 0.4) is 0 Å². The van der Waals surface area contributed by atoms with Gasteiger partial charge in [0.15, 0.2) is 0 Å². The summed E-state index contributed by atoms with van der Waals surface area (Å²) in [5.41, 5.74) is 6.33. The number of hydrogen-bond donors (Lipinski definition) is 1.